The van der Waals surface area contributed by atoms with Gasteiger partial charge in [0.15, 0.2) is 0 Å². The third kappa shape index (κ3) is 5.47. The van der Waals surface area contributed by atoms with Gasteiger partial charge >= 0.3 is 0 Å². The van der Waals surface area contributed by atoms with Gasteiger partial charge in [0.2, 0.25) is 5.91 Å². The molecule has 0 aliphatic heterocycles. The van der Waals surface area contributed by atoms with Crippen LogP contribution in [0.25, 0.3) is 0 Å². The number of nitro groups is 1. The zero-order valence-electron chi connectivity index (χ0n) is 14.8. The standard InChI is InChI=1S/C18H17F2N3O5/c1-28-16-7-5-12(23(26)27)10-15(16)22-17(24)3-2-8-21-18(25)13-6-4-11(19)9-14(13)20/h4-7,9-10H,2-3,8H2,1H3,(H,21,25)(H,22,24). The zero-order chi connectivity index (χ0) is 20.7. The average molecular weight is 393 g/mol. The normalized spacial score (nSPS) is 10.2. The van der Waals surface area contributed by atoms with Crippen molar-refractivity contribution in [3.05, 3.63) is 63.7 Å². The number of non-ortho nitro benzene ring substituents is 1. The average Bonchev–Trinajstić information content (AvgIpc) is 2.65. The van der Waals surface area contributed by atoms with Gasteiger partial charge in [-0.2, -0.15) is 0 Å². The van der Waals surface area contributed by atoms with Gasteiger partial charge in [-0.1, -0.05) is 0 Å². The molecule has 2 aromatic rings. The molecule has 0 aromatic heterocycles. The van der Waals surface area contributed by atoms with Crippen molar-refractivity contribution >= 4 is 23.2 Å². The Labute approximate surface area is 158 Å². The number of amides is 2. The Morgan fingerprint density at radius 1 is 1.18 bits per heavy atom. The first-order chi connectivity index (χ1) is 13.3. The number of nitrogens with one attached hydrogen (secondary N) is 2. The van der Waals surface area contributed by atoms with Gasteiger partial charge < -0.3 is 15.4 Å². The second kappa shape index (κ2) is 9.40. The van der Waals surface area contributed by atoms with Crippen molar-refractivity contribution < 1.29 is 28.0 Å². The van der Waals surface area contributed by atoms with E-state index in [0.717, 1.165) is 12.1 Å². The Morgan fingerprint density at radius 3 is 2.57 bits per heavy atom. The summed E-state index contributed by atoms with van der Waals surface area (Å²) in [6.45, 7) is 0.0785. The second-order valence-corrected chi connectivity index (χ2v) is 5.67. The van der Waals surface area contributed by atoms with Crippen molar-refractivity contribution in [1.82, 2.24) is 5.32 Å². The van der Waals surface area contributed by atoms with E-state index in [2.05, 4.69) is 10.6 Å². The summed E-state index contributed by atoms with van der Waals surface area (Å²) in [7, 11) is 1.36. The topological polar surface area (TPSA) is 111 Å². The van der Waals surface area contributed by atoms with Crippen molar-refractivity contribution in [3.63, 3.8) is 0 Å². The largest absolute Gasteiger partial charge is 0.495 e. The predicted molar refractivity (Wildman–Crippen MR) is 96.2 cm³/mol. The first-order valence-electron chi connectivity index (χ1n) is 8.17. The number of halogens is 2. The zero-order valence-corrected chi connectivity index (χ0v) is 14.8. The lowest BCUT2D eigenvalue weighted by Crippen LogP contribution is -2.26. The van der Waals surface area contributed by atoms with Gasteiger partial charge in [0.25, 0.3) is 11.6 Å². The van der Waals surface area contributed by atoms with E-state index in [4.69, 9.17) is 4.74 Å². The highest BCUT2D eigenvalue weighted by molar-refractivity contribution is 5.94. The van der Waals surface area contributed by atoms with Gasteiger partial charge in [-0.05, 0) is 24.6 Å². The van der Waals surface area contributed by atoms with Crippen LogP contribution in [-0.2, 0) is 4.79 Å². The third-order valence-electron chi connectivity index (χ3n) is 3.71. The smallest absolute Gasteiger partial charge is 0.271 e. The maximum atomic E-state index is 13.5. The molecule has 0 saturated carbocycles. The molecular weight excluding hydrogens is 376 g/mol. The van der Waals surface area contributed by atoms with Crippen molar-refractivity contribution in [2.75, 3.05) is 19.0 Å². The molecule has 28 heavy (non-hydrogen) atoms. The Morgan fingerprint density at radius 2 is 1.93 bits per heavy atom. The van der Waals surface area contributed by atoms with Crippen LogP contribution >= 0.6 is 0 Å². The summed E-state index contributed by atoms with van der Waals surface area (Å²) in [6.07, 6.45) is 0.232. The van der Waals surface area contributed by atoms with Crippen molar-refractivity contribution in [2.24, 2.45) is 0 Å². The number of carbonyl (C=O) groups excluding carboxylic acids is 2. The molecule has 8 nitrogen and oxygen atoms in total. The van der Waals surface area contributed by atoms with Crippen LogP contribution in [0.3, 0.4) is 0 Å². The third-order valence-corrected chi connectivity index (χ3v) is 3.71. The van der Waals surface area contributed by atoms with Crippen LogP contribution in [0, 0.1) is 21.7 Å². The number of methoxy groups -OCH3 is 1. The minimum Gasteiger partial charge on any atom is -0.495 e. The van der Waals surface area contributed by atoms with Crippen LogP contribution in [0.2, 0.25) is 0 Å². The molecule has 0 atom stereocenters. The van der Waals surface area contributed by atoms with Crippen LogP contribution in [-0.4, -0.2) is 30.4 Å². The van der Waals surface area contributed by atoms with E-state index in [0.29, 0.717) is 6.07 Å². The maximum Gasteiger partial charge on any atom is 0.271 e. The van der Waals surface area contributed by atoms with E-state index in [-0.39, 0.29) is 42.1 Å². The molecule has 0 radical (unpaired) electrons. The number of nitro benzene ring substituents is 1. The van der Waals surface area contributed by atoms with Gasteiger partial charge in [-0.3, -0.25) is 19.7 Å². The highest BCUT2D eigenvalue weighted by Gasteiger charge is 2.14. The predicted octanol–water partition coefficient (Wildman–Crippen LogP) is 3.03. The molecule has 2 N–H and O–H groups in total. The number of anilines is 1. The quantitative estimate of drug-likeness (QED) is 0.407. The molecule has 148 valence electrons. The van der Waals surface area contributed by atoms with Gasteiger partial charge in [0.1, 0.15) is 17.4 Å². The molecule has 0 aliphatic carbocycles. The fourth-order valence-corrected chi connectivity index (χ4v) is 2.34. The molecule has 0 aliphatic rings. The monoisotopic (exact) mass is 393 g/mol. The van der Waals surface area contributed by atoms with Gasteiger partial charge in [0, 0.05) is 31.2 Å². The molecule has 0 unspecified atom stereocenters. The molecule has 0 spiro atoms. The first-order valence-corrected chi connectivity index (χ1v) is 8.17. The summed E-state index contributed by atoms with van der Waals surface area (Å²) in [5.74, 6) is -2.67. The Kier molecular flexibility index (Phi) is 6.96. The van der Waals surface area contributed by atoms with E-state index in [1.807, 2.05) is 0 Å². The summed E-state index contributed by atoms with van der Waals surface area (Å²) < 4.78 is 31.4. The minimum atomic E-state index is -0.979. The first kappa shape index (κ1) is 20.7. The summed E-state index contributed by atoms with van der Waals surface area (Å²) in [6, 6.07) is 6.40. The Balaban J connectivity index is 1.85. The molecular formula is C18H17F2N3O5. The fourth-order valence-electron chi connectivity index (χ4n) is 2.34. The Hall–Kier alpha value is -3.56. The van der Waals surface area contributed by atoms with Crippen LogP contribution in [0.5, 0.6) is 5.75 Å². The van der Waals surface area contributed by atoms with Gasteiger partial charge in [0.05, 0.1) is 23.3 Å². The van der Waals surface area contributed by atoms with E-state index >= 15 is 0 Å². The van der Waals surface area contributed by atoms with Crippen molar-refractivity contribution in [2.45, 2.75) is 12.8 Å². The maximum absolute atomic E-state index is 13.5. The lowest BCUT2D eigenvalue weighted by Gasteiger charge is -2.10. The second-order valence-electron chi connectivity index (χ2n) is 5.67. The van der Waals surface area contributed by atoms with Gasteiger partial charge in [-0.25, -0.2) is 8.78 Å². The number of hydrogen-bond donors (Lipinski definition) is 2. The molecule has 0 saturated heterocycles. The number of benzene rings is 2. The molecule has 0 fully saturated rings. The molecule has 0 bridgehead atoms. The summed E-state index contributed by atoms with van der Waals surface area (Å²) in [5, 5.41) is 15.8. The number of carbonyl (C=O) groups is 2. The van der Waals surface area contributed by atoms with E-state index < -0.39 is 28.4 Å². The number of nitrogens with zero attached hydrogens (tertiary/aromatic N) is 1. The fraction of sp³-hybridized carbons (Fsp3) is 0.222. The van der Waals surface area contributed by atoms with Crippen molar-refractivity contribution in [1.29, 1.82) is 0 Å². The summed E-state index contributed by atoms with van der Waals surface area (Å²) >= 11 is 0. The minimum absolute atomic E-state index is 0.00196. The van der Waals surface area contributed by atoms with Crippen LogP contribution < -0.4 is 15.4 Å². The summed E-state index contributed by atoms with van der Waals surface area (Å²) in [5.41, 5.74) is -0.351. The highest BCUT2D eigenvalue weighted by atomic mass is 19.1. The SMILES string of the molecule is COc1ccc([N+](=O)[O-])cc1NC(=O)CCCNC(=O)c1ccc(F)cc1F. The lowest BCUT2D eigenvalue weighted by atomic mass is 10.2. The number of hydrogen-bond acceptors (Lipinski definition) is 5. The van der Waals surface area contributed by atoms with E-state index in [1.165, 1.54) is 25.3 Å². The van der Waals surface area contributed by atoms with Crippen molar-refractivity contribution in [3.8, 4) is 5.75 Å². The van der Waals surface area contributed by atoms with Crippen LogP contribution in [0.4, 0.5) is 20.2 Å². The molecule has 2 rings (SSSR count). The number of ether oxygens (including phenoxy) is 1. The lowest BCUT2D eigenvalue weighted by molar-refractivity contribution is -0.384. The molecule has 2 amide bonds. The summed E-state index contributed by atoms with van der Waals surface area (Å²) in [4.78, 5) is 34.1. The van der Waals surface area contributed by atoms with Gasteiger partial charge in [-0.15, -0.1) is 0 Å². The Bertz CT molecular complexity index is 905. The van der Waals surface area contributed by atoms with Crippen LogP contribution in [0.15, 0.2) is 36.4 Å². The molecule has 2 aromatic carbocycles. The molecule has 10 heteroatoms. The molecule has 0 heterocycles. The highest BCUT2D eigenvalue weighted by Crippen LogP contribution is 2.28. The number of rotatable bonds is 8. The van der Waals surface area contributed by atoms with E-state index in [1.54, 1.807) is 0 Å². The van der Waals surface area contributed by atoms with E-state index in [9.17, 15) is 28.5 Å². The van der Waals surface area contributed by atoms with Crippen LogP contribution in [0.1, 0.15) is 23.2 Å².